The van der Waals surface area contributed by atoms with E-state index in [4.69, 9.17) is 14.2 Å². The first-order valence-corrected chi connectivity index (χ1v) is 9.60. The van der Waals surface area contributed by atoms with E-state index in [-0.39, 0.29) is 18.6 Å². The monoisotopic (exact) mass is 398 g/mol. The summed E-state index contributed by atoms with van der Waals surface area (Å²) in [5.74, 6) is 1.83. The van der Waals surface area contributed by atoms with Crippen molar-refractivity contribution in [3.8, 4) is 17.2 Å². The number of carbonyl (C=O) groups is 2. The molecule has 0 saturated carbocycles. The maximum Gasteiger partial charge on any atom is 0.242 e. The number of amides is 2. The summed E-state index contributed by atoms with van der Waals surface area (Å²) in [5, 5.41) is 2.90. The van der Waals surface area contributed by atoms with Gasteiger partial charge in [0.05, 0.1) is 7.11 Å². The van der Waals surface area contributed by atoms with Gasteiger partial charge < -0.3 is 24.4 Å². The van der Waals surface area contributed by atoms with Crippen LogP contribution in [0.2, 0.25) is 0 Å². The van der Waals surface area contributed by atoms with E-state index in [1.54, 1.807) is 25.9 Å². The summed E-state index contributed by atoms with van der Waals surface area (Å²) in [4.78, 5) is 26.8. The van der Waals surface area contributed by atoms with Crippen LogP contribution in [0.3, 0.4) is 0 Å². The summed E-state index contributed by atoms with van der Waals surface area (Å²) in [5.41, 5.74) is 1.83. The van der Waals surface area contributed by atoms with E-state index in [1.165, 1.54) is 0 Å². The van der Waals surface area contributed by atoms with E-state index < -0.39 is 6.04 Å². The van der Waals surface area contributed by atoms with Crippen molar-refractivity contribution in [2.24, 2.45) is 0 Å². The second-order valence-corrected chi connectivity index (χ2v) is 6.80. The lowest BCUT2D eigenvalue weighted by molar-refractivity contribution is -0.140. The molecule has 154 valence electrons. The van der Waals surface area contributed by atoms with Crippen LogP contribution in [-0.2, 0) is 22.7 Å². The average molecular weight is 398 g/mol. The molecule has 0 aliphatic carbocycles. The van der Waals surface area contributed by atoms with Gasteiger partial charge in [-0.25, -0.2) is 0 Å². The number of hydrogen-bond acceptors (Lipinski definition) is 5. The number of rotatable bonds is 8. The third-order valence-electron chi connectivity index (χ3n) is 4.89. The van der Waals surface area contributed by atoms with Crippen molar-refractivity contribution in [1.29, 1.82) is 0 Å². The fourth-order valence-corrected chi connectivity index (χ4v) is 3.10. The highest BCUT2D eigenvalue weighted by molar-refractivity contribution is 5.87. The number of nitrogens with zero attached hydrogens (tertiary/aromatic N) is 1. The molecular formula is C22H26N2O5. The molecule has 0 bridgehead atoms. The van der Waals surface area contributed by atoms with Crippen molar-refractivity contribution in [3.05, 3.63) is 53.6 Å². The summed E-state index contributed by atoms with van der Waals surface area (Å²) in [6.45, 7) is 4.44. The SMILES string of the molecule is CCC(=O)N(Cc1ccc(OC)cc1)[C@@H](C)C(=O)NCc1ccc2c(c1)OCO2. The number of methoxy groups -OCH3 is 1. The molecule has 3 rings (SSSR count). The van der Waals surface area contributed by atoms with Gasteiger partial charge in [-0.15, -0.1) is 0 Å². The molecule has 2 aromatic carbocycles. The standard InChI is InChI=1S/C22H26N2O5/c1-4-21(25)24(13-16-5-8-18(27-3)9-6-16)15(2)22(26)23-12-17-7-10-19-20(11-17)29-14-28-19/h5-11,15H,4,12-14H2,1-3H3,(H,23,26)/t15-/m0/s1. The molecule has 0 spiro atoms. The summed E-state index contributed by atoms with van der Waals surface area (Å²) in [7, 11) is 1.61. The van der Waals surface area contributed by atoms with Gasteiger partial charge in [0, 0.05) is 19.5 Å². The molecule has 1 aliphatic heterocycles. The van der Waals surface area contributed by atoms with Crippen LogP contribution in [0.4, 0.5) is 0 Å². The molecule has 1 atom stereocenters. The molecule has 1 heterocycles. The zero-order valence-electron chi connectivity index (χ0n) is 16.9. The van der Waals surface area contributed by atoms with Crippen LogP contribution in [0.1, 0.15) is 31.4 Å². The second kappa shape index (κ2) is 9.32. The predicted octanol–water partition coefficient (Wildman–Crippen LogP) is 2.87. The number of nitrogens with one attached hydrogen (secondary N) is 1. The van der Waals surface area contributed by atoms with Crippen LogP contribution < -0.4 is 19.5 Å². The molecule has 7 nitrogen and oxygen atoms in total. The fraction of sp³-hybridized carbons (Fsp3) is 0.364. The summed E-state index contributed by atoms with van der Waals surface area (Å²) >= 11 is 0. The number of benzene rings is 2. The van der Waals surface area contributed by atoms with Crippen molar-refractivity contribution in [2.75, 3.05) is 13.9 Å². The lowest BCUT2D eigenvalue weighted by atomic mass is 10.1. The van der Waals surface area contributed by atoms with Gasteiger partial charge in [-0.2, -0.15) is 0 Å². The lowest BCUT2D eigenvalue weighted by Crippen LogP contribution is -2.47. The minimum atomic E-state index is -0.599. The molecule has 2 aromatic rings. The van der Waals surface area contributed by atoms with Crippen LogP contribution in [-0.4, -0.2) is 36.7 Å². The Labute approximate surface area is 170 Å². The van der Waals surface area contributed by atoms with E-state index in [0.29, 0.717) is 31.0 Å². The highest BCUT2D eigenvalue weighted by atomic mass is 16.7. The van der Waals surface area contributed by atoms with E-state index in [9.17, 15) is 9.59 Å². The minimum absolute atomic E-state index is 0.0773. The zero-order chi connectivity index (χ0) is 20.8. The molecule has 7 heteroatoms. The normalized spacial score (nSPS) is 12.9. The highest BCUT2D eigenvalue weighted by Crippen LogP contribution is 2.32. The quantitative estimate of drug-likeness (QED) is 0.740. The van der Waals surface area contributed by atoms with Crippen LogP contribution in [0.5, 0.6) is 17.2 Å². The fourth-order valence-electron chi connectivity index (χ4n) is 3.10. The van der Waals surface area contributed by atoms with Gasteiger partial charge in [-0.05, 0) is 42.3 Å². The van der Waals surface area contributed by atoms with Gasteiger partial charge >= 0.3 is 0 Å². The maximum absolute atomic E-state index is 12.7. The van der Waals surface area contributed by atoms with Crippen LogP contribution in [0, 0.1) is 0 Å². The van der Waals surface area contributed by atoms with E-state index in [1.807, 2.05) is 42.5 Å². The average Bonchev–Trinajstić information content (AvgIpc) is 3.23. The van der Waals surface area contributed by atoms with E-state index in [0.717, 1.165) is 16.9 Å². The first kappa shape index (κ1) is 20.5. The van der Waals surface area contributed by atoms with Gasteiger partial charge in [-0.3, -0.25) is 9.59 Å². The summed E-state index contributed by atoms with van der Waals surface area (Å²) in [6, 6.07) is 12.4. The number of fused-ring (bicyclic) bond motifs is 1. The number of hydrogen-bond donors (Lipinski definition) is 1. The predicted molar refractivity (Wildman–Crippen MR) is 108 cm³/mol. The van der Waals surface area contributed by atoms with Crippen molar-refractivity contribution >= 4 is 11.8 Å². The molecule has 1 N–H and O–H groups in total. The third-order valence-corrected chi connectivity index (χ3v) is 4.89. The Hall–Kier alpha value is -3.22. The number of carbonyl (C=O) groups excluding carboxylic acids is 2. The molecule has 29 heavy (non-hydrogen) atoms. The maximum atomic E-state index is 12.7. The van der Waals surface area contributed by atoms with Gasteiger partial charge in [0.25, 0.3) is 0 Å². The van der Waals surface area contributed by atoms with Crippen LogP contribution in [0.15, 0.2) is 42.5 Å². The van der Waals surface area contributed by atoms with E-state index in [2.05, 4.69) is 5.32 Å². The Morgan fingerprint density at radius 1 is 1.10 bits per heavy atom. The van der Waals surface area contributed by atoms with Gasteiger partial charge in [0.1, 0.15) is 11.8 Å². The Balaban J connectivity index is 1.63. The molecule has 0 saturated heterocycles. The van der Waals surface area contributed by atoms with Gasteiger partial charge in [0.2, 0.25) is 18.6 Å². The first-order valence-electron chi connectivity index (χ1n) is 9.60. The molecule has 2 amide bonds. The van der Waals surface area contributed by atoms with Crippen molar-refractivity contribution in [1.82, 2.24) is 10.2 Å². The first-order chi connectivity index (χ1) is 14.0. The summed E-state index contributed by atoms with van der Waals surface area (Å²) in [6.07, 6.45) is 0.329. The van der Waals surface area contributed by atoms with Crippen LogP contribution in [0.25, 0.3) is 0 Å². The second-order valence-electron chi connectivity index (χ2n) is 6.80. The molecule has 0 fully saturated rings. The van der Waals surface area contributed by atoms with Gasteiger partial charge in [0.15, 0.2) is 11.5 Å². The van der Waals surface area contributed by atoms with Crippen molar-refractivity contribution in [2.45, 2.75) is 39.4 Å². The molecule has 0 unspecified atom stereocenters. The third kappa shape index (κ3) is 4.99. The van der Waals surface area contributed by atoms with Gasteiger partial charge in [-0.1, -0.05) is 25.1 Å². The zero-order valence-corrected chi connectivity index (χ0v) is 16.9. The molecule has 0 aromatic heterocycles. The van der Waals surface area contributed by atoms with Crippen molar-refractivity contribution in [3.63, 3.8) is 0 Å². The molecule has 0 radical (unpaired) electrons. The Bertz CT molecular complexity index is 866. The molecular weight excluding hydrogens is 372 g/mol. The molecule has 1 aliphatic rings. The van der Waals surface area contributed by atoms with Crippen LogP contribution >= 0.6 is 0 Å². The Morgan fingerprint density at radius 3 is 2.48 bits per heavy atom. The van der Waals surface area contributed by atoms with Crippen molar-refractivity contribution < 1.29 is 23.8 Å². The number of ether oxygens (including phenoxy) is 3. The smallest absolute Gasteiger partial charge is 0.242 e. The summed E-state index contributed by atoms with van der Waals surface area (Å²) < 4.78 is 15.8. The highest BCUT2D eigenvalue weighted by Gasteiger charge is 2.25. The Morgan fingerprint density at radius 2 is 1.79 bits per heavy atom. The minimum Gasteiger partial charge on any atom is -0.497 e. The largest absolute Gasteiger partial charge is 0.497 e. The lowest BCUT2D eigenvalue weighted by Gasteiger charge is -2.28. The Kier molecular flexibility index (Phi) is 6.59. The van der Waals surface area contributed by atoms with E-state index >= 15 is 0 Å². The topological polar surface area (TPSA) is 77.1 Å².